The molecule has 23 heavy (non-hydrogen) atoms. The van der Waals surface area contributed by atoms with Crippen molar-refractivity contribution in [3.05, 3.63) is 35.8 Å². The Bertz CT molecular complexity index is 846. The molecular weight excluding hydrogens is 323 g/mol. The van der Waals surface area contributed by atoms with Crippen molar-refractivity contribution in [2.24, 2.45) is 0 Å². The summed E-state index contributed by atoms with van der Waals surface area (Å²) in [6.07, 6.45) is 1.54. The van der Waals surface area contributed by atoms with E-state index in [1.165, 1.54) is 23.7 Å². The molecule has 0 aliphatic heterocycles. The number of sulfonamides is 1. The highest BCUT2D eigenvalue weighted by Crippen LogP contribution is 2.23. The van der Waals surface area contributed by atoms with Crippen molar-refractivity contribution in [3.8, 4) is 0 Å². The summed E-state index contributed by atoms with van der Waals surface area (Å²) in [6, 6.07) is 3.28. The molecule has 7 nitrogen and oxygen atoms in total. The number of amides is 1. The van der Waals surface area contributed by atoms with E-state index in [4.69, 9.17) is 0 Å². The molecule has 1 aromatic carbocycles. The molecule has 0 bridgehead atoms. The number of rotatable bonds is 5. The zero-order chi connectivity index (χ0) is 17.2. The number of aryl methyl sites for hydroxylation is 2. The van der Waals surface area contributed by atoms with Crippen LogP contribution < -0.4 is 10.0 Å². The van der Waals surface area contributed by atoms with Gasteiger partial charge in [0, 0.05) is 19.0 Å². The molecule has 0 unspecified atom stereocenters. The molecule has 2 N–H and O–H groups in total. The quantitative estimate of drug-likeness (QED) is 0.872. The number of aromatic nitrogens is 2. The first kappa shape index (κ1) is 16.9. The molecule has 9 heteroatoms. The number of halogens is 1. The van der Waals surface area contributed by atoms with Gasteiger partial charge in [0.25, 0.3) is 10.0 Å². The lowest BCUT2D eigenvalue weighted by Gasteiger charge is -2.12. The Morgan fingerprint density at radius 1 is 1.39 bits per heavy atom. The first-order chi connectivity index (χ1) is 10.7. The highest BCUT2D eigenvalue weighted by molar-refractivity contribution is 7.92. The van der Waals surface area contributed by atoms with E-state index >= 15 is 0 Å². The molecule has 124 valence electrons. The zero-order valence-electron chi connectivity index (χ0n) is 12.9. The predicted octanol–water partition coefficient (Wildman–Crippen LogP) is 2.11. The molecule has 2 rings (SSSR count). The van der Waals surface area contributed by atoms with Gasteiger partial charge in [0.2, 0.25) is 5.91 Å². The highest BCUT2D eigenvalue weighted by atomic mass is 32.2. The minimum Gasteiger partial charge on any atom is -0.324 e. The molecule has 1 amide bonds. The maximum absolute atomic E-state index is 13.9. The van der Waals surface area contributed by atoms with Crippen molar-refractivity contribution in [1.82, 2.24) is 9.78 Å². The van der Waals surface area contributed by atoms with Crippen LogP contribution in [0.4, 0.5) is 15.9 Å². The van der Waals surface area contributed by atoms with Gasteiger partial charge in [-0.1, -0.05) is 0 Å². The van der Waals surface area contributed by atoms with Crippen molar-refractivity contribution in [2.45, 2.75) is 32.2 Å². The summed E-state index contributed by atoms with van der Waals surface area (Å²) in [4.78, 5) is 10.7. The Labute approximate surface area is 133 Å². The molecule has 0 saturated carbocycles. The molecule has 1 heterocycles. The van der Waals surface area contributed by atoms with Crippen LogP contribution in [0.5, 0.6) is 0 Å². The highest BCUT2D eigenvalue weighted by Gasteiger charge is 2.20. The number of carbonyl (C=O) groups is 1. The van der Waals surface area contributed by atoms with Gasteiger partial charge in [-0.05, 0) is 32.0 Å². The van der Waals surface area contributed by atoms with Gasteiger partial charge < -0.3 is 5.32 Å². The molecule has 0 fully saturated rings. The van der Waals surface area contributed by atoms with Crippen LogP contribution in [0.3, 0.4) is 0 Å². The molecule has 0 radical (unpaired) electrons. The van der Waals surface area contributed by atoms with Gasteiger partial charge in [0.05, 0.1) is 16.8 Å². The Hall–Kier alpha value is -2.42. The van der Waals surface area contributed by atoms with Crippen LogP contribution >= 0.6 is 0 Å². The molecular formula is C14H17FN4O3S. The summed E-state index contributed by atoms with van der Waals surface area (Å²) in [7, 11) is -3.97. The molecule has 0 aliphatic rings. The molecule has 0 saturated heterocycles. The van der Waals surface area contributed by atoms with Gasteiger partial charge >= 0.3 is 0 Å². The Balaban J connectivity index is 2.34. The number of benzene rings is 1. The molecule has 1 aromatic heterocycles. The van der Waals surface area contributed by atoms with Gasteiger partial charge in [0.1, 0.15) is 11.6 Å². The summed E-state index contributed by atoms with van der Waals surface area (Å²) in [5, 5.41) is 6.33. The predicted molar refractivity (Wildman–Crippen MR) is 84.2 cm³/mol. The lowest BCUT2D eigenvalue weighted by atomic mass is 10.3. The lowest BCUT2D eigenvalue weighted by Crippen LogP contribution is -2.17. The van der Waals surface area contributed by atoms with Crippen molar-refractivity contribution >= 4 is 27.4 Å². The average molecular weight is 340 g/mol. The van der Waals surface area contributed by atoms with E-state index in [0.717, 1.165) is 6.07 Å². The fraction of sp³-hybridized carbons (Fsp3) is 0.286. The van der Waals surface area contributed by atoms with Crippen LogP contribution in [0.1, 0.15) is 19.4 Å². The van der Waals surface area contributed by atoms with E-state index < -0.39 is 21.7 Å². The van der Waals surface area contributed by atoms with E-state index in [0.29, 0.717) is 17.9 Å². The fourth-order valence-corrected chi connectivity index (χ4v) is 3.14. The van der Waals surface area contributed by atoms with E-state index in [-0.39, 0.29) is 10.6 Å². The number of nitrogens with zero attached hydrogens (tertiary/aromatic N) is 2. The lowest BCUT2D eigenvalue weighted by molar-refractivity contribution is -0.114. The SMILES string of the molecule is CCn1ncc(C)c1NS(=O)(=O)c1ccc(NC(C)=O)c(F)c1. The number of hydrogen-bond donors (Lipinski definition) is 2. The summed E-state index contributed by atoms with van der Waals surface area (Å²) < 4.78 is 42.6. The third-order valence-electron chi connectivity index (χ3n) is 3.11. The fourth-order valence-electron chi connectivity index (χ4n) is 1.99. The van der Waals surface area contributed by atoms with Gasteiger partial charge in [-0.15, -0.1) is 0 Å². The summed E-state index contributed by atoms with van der Waals surface area (Å²) in [5.41, 5.74) is 0.581. The van der Waals surface area contributed by atoms with Crippen molar-refractivity contribution in [2.75, 3.05) is 10.0 Å². The monoisotopic (exact) mass is 340 g/mol. The van der Waals surface area contributed by atoms with Gasteiger partial charge in [-0.25, -0.2) is 17.5 Å². The summed E-state index contributed by atoms with van der Waals surface area (Å²) in [6.45, 7) is 5.27. The largest absolute Gasteiger partial charge is 0.324 e. The maximum Gasteiger partial charge on any atom is 0.263 e. The topological polar surface area (TPSA) is 93.1 Å². The van der Waals surface area contributed by atoms with Crippen LogP contribution in [-0.2, 0) is 21.4 Å². The van der Waals surface area contributed by atoms with Gasteiger partial charge in [-0.2, -0.15) is 5.10 Å². The zero-order valence-corrected chi connectivity index (χ0v) is 13.7. The molecule has 0 spiro atoms. The van der Waals surface area contributed by atoms with Crippen molar-refractivity contribution in [3.63, 3.8) is 0 Å². The summed E-state index contributed by atoms with van der Waals surface area (Å²) >= 11 is 0. The molecule has 0 atom stereocenters. The number of carbonyl (C=O) groups excluding carboxylic acids is 1. The molecule has 2 aromatic rings. The Morgan fingerprint density at radius 2 is 2.09 bits per heavy atom. The minimum atomic E-state index is -3.97. The van der Waals surface area contributed by atoms with Gasteiger partial charge in [0.15, 0.2) is 0 Å². The number of nitrogens with one attached hydrogen (secondary N) is 2. The number of anilines is 2. The minimum absolute atomic E-state index is 0.0776. The van der Waals surface area contributed by atoms with Crippen LogP contribution in [-0.4, -0.2) is 24.1 Å². The first-order valence-corrected chi connectivity index (χ1v) is 8.35. The number of hydrogen-bond acceptors (Lipinski definition) is 4. The third kappa shape index (κ3) is 3.67. The van der Waals surface area contributed by atoms with Gasteiger partial charge in [-0.3, -0.25) is 9.52 Å². The van der Waals surface area contributed by atoms with E-state index in [9.17, 15) is 17.6 Å². The average Bonchev–Trinajstić information content (AvgIpc) is 2.80. The van der Waals surface area contributed by atoms with Crippen LogP contribution in [0.25, 0.3) is 0 Å². The smallest absolute Gasteiger partial charge is 0.263 e. The van der Waals surface area contributed by atoms with Crippen LogP contribution in [0.2, 0.25) is 0 Å². The second-order valence-corrected chi connectivity index (χ2v) is 6.60. The van der Waals surface area contributed by atoms with Crippen LogP contribution in [0, 0.1) is 12.7 Å². The molecule has 0 aliphatic carbocycles. The summed E-state index contributed by atoms with van der Waals surface area (Å²) in [5.74, 6) is -0.942. The van der Waals surface area contributed by atoms with Crippen LogP contribution in [0.15, 0.2) is 29.3 Å². The first-order valence-electron chi connectivity index (χ1n) is 6.87. The van der Waals surface area contributed by atoms with Crippen molar-refractivity contribution < 1.29 is 17.6 Å². The Morgan fingerprint density at radius 3 is 2.65 bits per heavy atom. The Kier molecular flexibility index (Phi) is 4.69. The third-order valence-corrected chi connectivity index (χ3v) is 4.45. The standard InChI is InChI=1S/C14H17FN4O3S/c1-4-19-14(9(2)8-16-19)18-23(21,22)11-5-6-13(12(15)7-11)17-10(3)20/h5-8,18H,4H2,1-3H3,(H,17,20). The van der Waals surface area contributed by atoms with E-state index in [2.05, 4.69) is 15.1 Å². The normalized spacial score (nSPS) is 11.3. The van der Waals surface area contributed by atoms with Crippen molar-refractivity contribution in [1.29, 1.82) is 0 Å². The second-order valence-electron chi connectivity index (χ2n) is 4.92. The second kappa shape index (κ2) is 6.37. The van der Waals surface area contributed by atoms with E-state index in [1.807, 2.05) is 6.92 Å². The maximum atomic E-state index is 13.9. The van der Waals surface area contributed by atoms with E-state index in [1.54, 1.807) is 13.1 Å².